The molecule has 1 atom stereocenters. The van der Waals surface area contributed by atoms with Crippen LogP contribution in [0.15, 0.2) is 47.3 Å². The molecule has 104 valence electrons. The predicted octanol–water partition coefficient (Wildman–Crippen LogP) is 2.31. The summed E-state index contributed by atoms with van der Waals surface area (Å²) >= 11 is 0. The Balaban J connectivity index is 2.80. The van der Waals surface area contributed by atoms with Gasteiger partial charge in [-0.15, -0.1) is 0 Å². The van der Waals surface area contributed by atoms with Crippen molar-refractivity contribution in [3.8, 4) is 0 Å². The molecule has 2 aromatic rings. The molecular weight excluding hydrogens is 254 g/mol. The molecule has 0 amide bonds. The molecule has 1 unspecified atom stereocenters. The molecule has 0 aliphatic heterocycles. The molecule has 0 radical (unpaired) electrons. The minimum atomic E-state index is -1.25. The molecule has 20 heavy (non-hydrogen) atoms. The third-order valence-corrected chi connectivity index (χ3v) is 3.61. The topological polar surface area (TPSA) is 59.3 Å². The van der Waals surface area contributed by atoms with Crippen molar-refractivity contribution < 1.29 is 9.90 Å². The molecule has 4 nitrogen and oxygen atoms in total. The first-order valence-electron chi connectivity index (χ1n) is 6.37. The quantitative estimate of drug-likeness (QED) is 0.932. The first-order chi connectivity index (χ1) is 9.37. The van der Waals surface area contributed by atoms with Gasteiger partial charge in [-0.25, -0.2) is 4.79 Å². The third kappa shape index (κ3) is 2.13. The van der Waals surface area contributed by atoms with Gasteiger partial charge in [-0.3, -0.25) is 4.79 Å². The monoisotopic (exact) mass is 271 g/mol. The first-order valence-corrected chi connectivity index (χ1v) is 6.37. The molecule has 1 N–H and O–H groups in total. The van der Waals surface area contributed by atoms with Gasteiger partial charge in [0.25, 0.3) is 0 Å². The lowest BCUT2D eigenvalue weighted by Crippen LogP contribution is -2.42. The van der Waals surface area contributed by atoms with Crippen LogP contribution in [-0.4, -0.2) is 15.6 Å². The molecule has 0 aliphatic rings. The van der Waals surface area contributed by atoms with Crippen LogP contribution in [0.3, 0.4) is 0 Å². The van der Waals surface area contributed by atoms with E-state index in [0.29, 0.717) is 17.0 Å². The summed E-state index contributed by atoms with van der Waals surface area (Å²) in [7, 11) is 0. The normalized spacial score (nSPS) is 13.8. The average molecular weight is 271 g/mol. The smallest absolute Gasteiger partial charge is 0.334 e. The van der Waals surface area contributed by atoms with Crippen molar-refractivity contribution in [2.24, 2.45) is 0 Å². The number of carboxylic acid groups (broad SMARTS) is 1. The molecule has 0 saturated heterocycles. The van der Waals surface area contributed by atoms with Crippen molar-refractivity contribution in [2.75, 3.05) is 0 Å². The lowest BCUT2D eigenvalue weighted by Gasteiger charge is -2.32. The largest absolute Gasteiger partial charge is 0.479 e. The fraction of sp³-hybridized carbons (Fsp3) is 0.250. The summed E-state index contributed by atoms with van der Waals surface area (Å²) < 4.78 is 1.69. The molecule has 0 fully saturated rings. The van der Waals surface area contributed by atoms with Gasteiger partial charge in [-0.05, 0) is 26.3 Å². The van der Waals surface area contributed by atoms with Crippen LogP contribution in [0.5, 0.6) is 0 Å². The SMILES string of the molecule is Cc1cc(=O)cc(C)n1C(C)(C(=O)O)c1ccccc1. The van der Waals surface area contributed by atoms with Gasteiger partial charge in [0.05, 0.1) is 0 Å². The van der Waals surface area contributed by atoms with Crippen molar-refractivity contribution in [3.05, 3.63) is 69.6 Å². The van der Waals surface area contributed by atoms with E-state index in [0.717, 1.165) is 0 Å². The molecule has 0 spiro atoms. The lowest BCUT2D eigenvalue weighted by molar-refractivity contribution is -0.144. The number of rotatable bonds is 3. The minimum absolute atomic E-state index is 0.114. The van der Waals surface area contributed by atoms with Crippen LogP contribution >= 0.6 is 0 Å². The molecule has 0 saturated carbocycles. The predicted molar refractivity (Wildman–Crippen MR) is 77.0 cm³/mol. The van der Waals surface area contributed by atoms with Crippen molar-refractivity contribution >= 4 is 5.97 Å². The van der Waals surface area contributed by atoms with Gasteiger partial charge in [0.2, 0.25) is 0 Å². The average Bonchev–Trinajstić information content (AvgIpc) is 2.38. The maximum absolute atomic E-state index is 11.9. The number of benzene rings is 1. The Bertz CT molecular complexity index is 677. The number of aryl methyl sites for hydroxylation is 2. The fourth-order valence-electron chi connectivity index (χ4n) is 2.68. The van der Waals surface area contributed by atoms with Crippen LogP contribution in [0.2, 0.25) is 0 Å². The van der Waals surface area contributed by atoms with Crippen molar-refractivity contribution in [1.29, 1.82) is 0 Å². The van der Waals surface area contributed by atoms with E-state index in [2.05, 4.69) is 0 Å². The summed E-state index contributed by atoms with van der Waals surface area (Å²) in [5, 5.41) is 9.76. The number of pyridine rings is 1. The van der Waals surface area contributed by atoms with E-state index in [1.54, 1.807) is 37.5 Å². The number of hydrogen-bond acceptors (Lipinski definition) is 2. The van der Waals surface area contributed by atoms with Crippen molar-refractivity contribution in [3.63, 3.8) is 0 Å². The number of aliphatic carboxylic acids is 1. The van der Waals surface area contributed by atoms with Crippen molar-refractivity contribution in [2.45, 2.75) is 26.3 Å². The molecule has 0 aliphatic carbocycles. The number of aromatic nitrogens is 1. The Labute approximate surface area is 117 Å². The zero-order valence-corrected chi connectivity index (χ0v) is 11.8. The molecule has 1 heterocycles. The van der Waals surface area contributed by atoms with Crippen LogP contribution in [0, 0.1) is 13.8 Å². The Morgan fingerprint density at radius 2 is 1.60 bits per heavy atom. The Hall–Kier alpha value is -2.36. The van der Waals surface area contributed by atoms with E-state index >= 15 is 0 Å². The molecule has 2 rings (SSSR count). The van der Waals surface area contributed by atoms with Gasteiger partial charge in [0.15, 0.2) is 11.0 Å². The van der Waals surface area contributed by atoms with Gasteiger partial charge >= 0.3 is 5.97 Å². The zero-order chi connectivity index (χ0) is 14.9. The van der Waals surface area contributed by atoms with Gasteiger partial charge < -0.3 is 9.67 Å². The molecule has 1 aromatic carbocycles. The van der Waals surface area contributed by atoms with E-state index < -0.39 is 11.5 Å². The Morgan fingerprint density at radius 3 is 2.05 bits per heavy atom. The Kier molecular flexibility index (Phi) is 3.49. The summed E-state index contributed by atoms with van der Waals surface area (Å²) in [6.07, 6.45) is 0. The van der Waals surface area contributed by atoms with Crippen LogP contribution in [0.25, 0.3) is 0 Å². The van der Waals surface area contributed by atoms with E-state index in [1.165, 1.54) is 12.1 Å². The van der Waals surface area contributed by atoms with Gasteiger partial charge in [-0.2, -0.15) is 0 Å². The van der Waals surface area contributed by atoms with Crippen LogP contribution < -0.4 is 5.43 Å². The van der Waals surface area contributed by atoms with Crippen molar-refractivity contribution in [1.82, 2.24) is 4.57 Å². The van der Waals surface area contributed by atoms with Crippen LogP contribution in [0.4, 0.5) is 0 Å². The van der Waals surface area contributed by atoms with E-state index in [9.17, 15) is 14.7 Å². The molecular formula is C16H17NO3. The fourth-order valence-corrected chi connectivity index (χ4v) is 2.68. The van der Waals surface area contributed by atoms with Crippen LogP contribution in [0.1, 0.15) is 23.9 Å². The maximum atomic E-state index is 11.9. The summed E-state index contributed by atoms with van der Waals surface area (Å²) in [5.41, 5.74) is 0.565. The maximum Gasteiger partial charge on any atom is 0.334 e. The van der Waals surface area contributed by atoms with E-state index in [1.807, 2.05) is 18.2 Å². The Morgan fingerprint density at radius 1 is 1.10 bits per heavy atom. The van der Waals surface area contributed by atoms with E-state index in [4.69, 9.17) is 0 Å². The zero-order valence-electron chi connectivity index (χ0n) is 11.8. The number of nitrogens with zero attached hydrogens (tertiary/aromatic N) is 1. The molecule has 1 aromatic heterocycles. The third-order valence-electron chi connectivity index (χ3n) is 3.61. The molecule has 4 heteroatoms. The molecule has 0 bridgehead atoms. The van der Waals surface area contributed by atoms with Crippen LogP contribution in [-0.2, 0) is 10.3 Å². The highest BCUT2D eigenvalue weighted by atomic mass is 16.4. The number of carboxylic acids is 1. The lowest BCUT2D eigenvalue weighted by atomic mass is 9.90. The highest BCUT2D eigenvalue weighted by Gasteiger charge is 2.38. The highest BCUT2D eigenvalue weighted by molar-refractivity contribution is 5.81. The summed E-state index contributed by atoms with van der Waals surface area (Å²) in [4.78, 5) is 23.4. The first kappa shape index (κ1) is 14.1. The highest BCUT2D eigenvalue weighted by Crippen LogP contribution is 2.28. The minimum Gasteiger partial charge on any atom is -0.479 e. The second-order valence-electron chi connectivity index (χ2n) is 5.05. The second kappa shape index (κ2) is 4.96. The van der Waals surface area contributed by atoms with Gasteiger partial charge in [-0.1, -0.05) is 30.3 Å². The second-order valence-corrected chi connectivity index (χ2v) is 5.05. The van der Waals surface area contributed by atoms with Gasteiger partial charge in [0.1, 0.15) is 0 Å². The summed E-state index contributed by atoms with van der Waals surface area (Å²) in [6.45, 7) is 5.15. The standard InChI is InChI=1S/C16H17NO3/c1-11-9-14(18)10-12(2)17(11)16(3,15(19)20)13-7-5-4-6-8-13/h4-10H,1-3H3,(H,19,20). The summed E-state index contributed by atoms with van der Waals surface area (Å²) in [6, 6.07) is 11.9. The van der Waals surface area contributed by atoms with Gasteiger partial charge in [0, 0.05) is 23.5 Å². The van der Waals surface area contributed by atoms with E-state index in [-0.39, 0.29) is 5.43 Å². The number of carbonyl (C=O) groups is 1. The summed E-state index contributed by atoms with van der Waals surface area (Å²) in [5.74, 6) is -0.960. The number of hydrogen-bond donors (Lipinski definition) is 1.